The van der Waals surface area contributed by atoms with E-state index in [0.717, 1.165) is 0 Å². The van der Waals surface area contributed by atoms with Gasteiger partial charge in [0.1, 0.15) is 6.04 Å². The zero-order valence-electron chi connectivity index (χ0n) is 15.8. The molecule has 9 heteroatoms. The summed E-state index contributed by atoms with van der Waals surface area (Å²) in [4.78, 5) is 24.8. The maximum absolute atomic E-state index is 13.0. The predicted molar refractivity (Wildman–Crippen MR) is 109 cm³/mol. The third kappa shape index (κ3) is 4.77. The van der Waals surface area contributed by atoms with Gasteiger partial charge in [-0.25, -0.2) is 13.2 Å². The van der Waals surface area contributed by atoms with Crippen LogP contribution in [0.5, 0.6) is 0 Å². The van der Waals surface area contributed by atoms with Crippen LogP contribution in [0.4, 0.5) is 5.69 Å². The molecule has 1 fully saturated rings. The Morgan fingerprint density at radius 1 is 1.21 bits per heavy atom. The summed E-state index contributed by atoms with van der Waals surface area (Å²) in [5.41, 5.74) is 0.706. The molecular weight excluding hydrogens is 416 g/mol. The largest absolute Gasteiger partial charge is 0.462 e. The van der Waals surface area contributed by atoms with Gasteiger partial charge < -0.3 is 10.1 Å². The second-order valence-electron chi connectivity index (χ2n) is 6.52. The molecule has 2 aromatic carbocycles. The standard InChI is InChI=1S/C20H21ClN2O5S/c1-2-28-20(25)14-5-3-6-16(13-14)22-19(24)18-7-4-12-23(18)29(26,27)17-10-8-15(21)9-11-17/h3,5-6,8-11,13,18H,2,4,7,12H2,1H3,(H,22,24)/t18-/m0/s1. The lowest BCUT2D eigenvalue weighted by molar-refractivity contribution is -0.119. The van der Waals surface area contributed by atoms with E-state index in [4.69, 9.17) is 16.3 Å². The van der Waals surface area contributed by atoms with Gasteiger partial charge in [-0.2, -0.15) is 4.31 Å². The fourth-order valence-electron chi connectivity index (χ4n) is 3.20. The Bertz CT molecular complexity index is 1010. The van der Waals surface area contributed by atoms with Crippen LogP contribution in [0.3, 0.4) is 0 Å². The third-order valence-corrected chi connectivity index (χ3v) is 6.74. The normalized spacial score (nSPS) is 17.1. The maximum atomic E-state index is 13.0. The van der Waals surface area contributed by atoms with Gasteiger partial charge in [0.2, 0.25) is 15.9 Å². The highest BCUT2D eigenvalue weighted by Gasteiger charge is 2.39. The molecule has 2 aromatic rings. The van der Waals surface area contributed by atoms with Crippen molar-refractivity contribution in [1.29, 1.82) is 0 Å². The van der Waals surface area contributed by atoms with Crippen LogP contribution in [0.1, 0.15) is 30.1 Å². The first kappa shape index (κ1) is 21.3. The number of benzene rings is 2. The number of esters is 1. The monoisotopic (exact) mass is 436 g/mol. The third-order valence-electron chi connectivity index (χ3n) is 4.57. The maximum Gasteiger partial charge on any atom is 0.338 e. The Kier molecular flexibility index (Phi) is 6.56. The topological polar surface area (TPSA) is 92.8 Å². The number of nitrogens with one attached hydrogen (secondary N) is 1. The molecule has 0 bridgehead atoms. The summed E-state index contributed by atoms with van der Waals surface area (Å²) < 4.78 is 32.1. The van der Waals surface area contributed by atoms with E-state index in [1.54, 1.807) is 25.1 Å². The molecule has 0 aromatic heterocycles. The van der Waals surface area contributed by atoms with Crippen LogP contribution in [0.2, 0.25) is 5.02 Å². The van der Waals surface area contributed by atoms with Gasteiger partial charge in [-0.05, 0) is 62.2 Å². The van der Waals surface area contributed by atoms with Crippen LogP contribution in [0, 0.1) is 0 Å². The predicted octanol–water partition coefficient (Wildman–Crippen LogP) is 3.31. The number of hydrogen-bond acceptors (Lipinski definition) is 5. The van der Waals surface area contributed by atoms with E-state index in [2.05, 4.69) is 5.32 Å². The zero-order valence-corrected chi connectivity index (χ0v) is 17.4. The Balaban J connectivity index is 1.78. The van der Waals surface area contributed by atoms with E-state index in [9.17, 15) is 18.0 Å². The molecule has 0 spiro atoms. The number of carbonyl (C=O) groups excluding carboxylic acids is 2. The Morgan fingerprint density at radius 2 is 1.93 bits per heavy atom. The molecule has 0 aliphatic carbocycles. The summed E-state index contributed by atoms with van der Waals surface area (Å²) in [6.45, 7) is 2.21. The van der Waals surface area contributed by atoms with Crippen LogP contribution < -0.4 is 5.32 Å². The molecule has 154 valence electrons. The van der Waals surface area contributed by atoms with Crippen LogP contribution in [0.15, 0.2) is 53.4 Å². The van der Waals surface area contributed by atoms with E-state index in [-0.39, 0.29) is 18.0 Å². The molecule has 0 unspecified atom stereocenters. The summed E-state index contributed by atoms with van der Waals surface area (Å²) >= 11 is 5.84. The van der Waals surface area contributed by atoms with Gasteiger partial charge in [0.25, 0.3) is 0 Å². The van der Waals surface area contributed by atoms with Crippen molar-refractivity contribution in [2.45, 2.75) is 30.7 Å². The molecule has 3 rings (SSSR count). The number of hydrogen-bond donors (Lipinski definition) is 1. The number of ether oxygens (including phenoxy) is 1. The first-order valence-corrected chi connectivity index (χ1v) is 11.0. The van der Waals surface area contributed by atoms with Gasteiger partial charge in [0.15, 0.2) is 0 Å². The number of amides is 1. The molecule has 1 heterocycles. The van der Waals surface area contributed by atoms with Gasteiger partial charge in [-0.3, -0.25) is 4.79 Å². The quantitative estimate of drug-likeness (QED) is 0.701. The van der Waals surface area contributed by atoms with Gasteiger partial charge in [0, 0.05) is 17.3 Å². The number of anilines is 1. The van der Waals surface area contributed by atoms with E-state index < -0.39 is 27.9 Å². The number of halogens is 1. The molecule has 1 aliphatic heterocycles. The second kappa shape index (κ2) is 8.94. The van der Waals surface area contributed by atoms with Crippen molar-refractivity contribution in [2.75, 3.05) is 18.5 Å². The lowest BCUT2D eigenvalue weighted by Gasteiger charge is -2.23. The van der Waals surface area contributed by atoms with Crippen molar-refractivity contribution in [3.8, 4) is 0 Å². The van der Waals surface area contributed by atoms with Crippen LogP contribution in [-0.4, -0.2) is 43.8 Å². The van der Waals surface area contributed by atoms with Crippen molar-refractivity contribution >= 4 is 39.2 Å². The minimum absolute atomic E-state index is 0.0888. The molecule has 0 saturated carbocycles. The van der Waals surface area contributed by atoms with E-state index in [1.165, 1.54) is 34.6 Å². The summed E-state index contributed by atoms with van der Waals surface area (Å²) in [7, 11) is -3.83. The van der Waals surface area contributed by atoms with Crippen LogP contribution in [0.25, 0.3) is 0 Å². The lowest BCUT2D eigenvalue weighted by Crippen LogP contribution is -2.43. The van der Waals surface area contributed by atoms with Gasteiger partial charge in [0.05, 0.1) is 17.1 Å². The van der Waals surface area contributed by atoms with Crippen molar-refractivity contribution in [2.24, 2.45) is 0 Å². The smallest absolute Gasteiger partial charge is 0.338 e. The average molecular weight is 437 g/mol. The van der Waals surface area contributed by atoms with E-state index in [1.807, 2.05) is 0 Å². The lowest BCUT2D eigenvalue weighted by atomic mass is 10.2. The van der Waals surface area contributed by atoms with Crippen molar-refractivity contribution in [1.82, 2.24) is 4.31 Å². The molecule has 0 radical (unpaired) electrons. The Morgan fingerprint density at radius 3 is 2.62 bits per heavy atom. The molecule has 1 amide bonds. The molecule has 1 aliphatic rings. The average Bonchev–Trinajstić information content (AvgIpc) is 3.20. The van der Waals surface area contributed by atoms with Crippen LogP contribution in [-0.2, 0) is 19.6 Å². The first-order chi connectivity index (χ1) is 13.8. The van der Waals surface area contributed by atoms with Gasteiger partial charge in [-0.1, -0.05) is 17.7 Å². The summed E-state index contributed by atoms with van der Waals surface area (Å²) in [5, 5.41) is 3.14. The highest BCUT2D eigenvalue weighted by atomic mass is 35.5. The fourth-order valence-corrected chi connectivity index (χ4v) is 4.98. The summed E-state index contributed by atoms with van der Waals surface area (Å²) in [5.74, 6) is -0.933. The first-order valence-electron chi connectivity index (χ1n) is 9.18. The van der Waals surface area contributed by atoms with Gasteiger partial charge >= 0.3 is 5.97 Å². The summed E-state index contributed by atoms with van der Waals surface area (Å²) in [6, 6.07) is 11.4. The molecular formula is C20H21ClN2O5S. The number of sulfonamides is 1. The van der Waals surface area contributed by atoms with Crippen molar-refractivity contribution in [3.05, 3.63) is 59.1 Å². The molecule has 7 nitrogen and oxygen atoms in total. The summed E-state index contributed by atoms with van der Waals surface area (Å²) in [6.07, 6.45) is 0.990. The number of nitrogens with zero attached hydrogens (tertiary/aromatic N) is 1. The van der Waals surface area contributed by atoms with Crippen molar-refractivity contribution < 1.29 is 22.7 Å². The fraction of sp³-hybridized carbons (Fsp3) is 0.300. The van der Waals surface area contributed by atoms with Crippen molar-refractivity contribution in [3.63, 3.8) is 0 Å². The van der Waals surface area contributed by atoms with E-state index in [0.29, 0.717) is 29.1 Å². The van der Waals surface area contributed by atoms with E-state index >= 15 is 0 Å². The van der Waals surface area contributed by atoms with Crippen LogP contribution >= 0.6 is 11.6 Å². The molecule has 29 heavy (non-hydrogen) atoms. The second-order valence-corrected chi connectivity index (χ2v) is 8.85. The Labute approximate surface area is 174 Å². The number of rotatable bonds is 6. The highest BCUT2D eigenvalue weighted by molar-refractivity contribution is 7.89. The zero-order chi connectivity index (χ0) is 21.0. The Hall–Kier alpha value is -2.42. The van der Waals surface area contributed by atoms with Gasteiger partial charge in [-0.15, -0.1) is 0 Å². The molecule has 1 N–H and O–H groups in total. The minimum Gasteiger partial charge on any atom is -0.462 e. The number of carbonyl (C=O) groups is 2. The SMILES string of the molecule is CCOC(=O)c1cccc(NC(=O)[C@@H]2CCCN2S(=O)(=O)c2ccc(Cl)cc2)c1. The molecule has 1 atom stereocenters. The highest BCUT2D eigenvalue weighted by Crippen LogP contribution is 2.28. The minimum atomic E-state index is -3.83. The molecule has 1 saturated heterocycles.